The fourth-order valence-electron chi connectivity index (χ4n) is 3.62. The predicted molar refractivity (Wildman–Crippen MR) is 104 cm³/mol. The Morgan fingerprint density at radius 2 is 1.39 bits per heavy atom. The molecule has 1 aromatic rings. The number of hydrogen-bond donors (Lipinski definition) is 1. The highest BCUT2D eigenvalue weighted by atomic mass is 127. The first-order valence-electron chi connectivity index (χ1n) is 8.62. The molecule has 0 bridgehead atoms. The Bertz CT molecular complexity index is 566. The maximum absolute atomic E-state index is 12.6. The van der Waals surface area contributed by atoms with Crippen LogP contribution in [0.4, 0.5) is 5.69 Å². The van der Waals surface area contributed by atoms with Gasteiger partial charge >= 0.3 is 0 Å². The van der Waals surface area contributed by atoms with E-state index in [1.807, 2.05) is 24.3 Å². The molecule has 0 saturated heterocycles. The smallest absolute Gasteiger partial charge is 0.228 e. The summed E-state index contributed by atoms with van der Waals surface area (Å²) in [6.45, 7) is 0. The van der Waals surface area contributed by atoms with Crippen molar-refractivity contribution in [3.05, 3.63) is 52.1 Å². The molecule has 1 fully saturated rings. The number of benzene rings is 1. The monoisotopic (exact) mass is 421 g/mol. The summed E-state index contributed by atoms with van der Waals surface area (Å²) in [6, 6.07) is 8.03. The van der Waals surface area contributed by atoms with E-state index in [4.69, 9.17) is 0 Å². The van der Waals surface area contributed by atoms with Gasteiger partial charge in [0, 0.05) is 15.2 Å². The van der Waals surface area contributed by atoms with Gasteiger partial charge in [0.1, 0.15) is 0 Å². The number of amides is 1. The second kappa shape index (κ2) is 8.13. The molecule has 0 aromatic heterocycles. The molecule has 2 aliphatic rings. The molecule has 1 amide bonds. The minimum atomic E-state index is 0.205. The van der Waals surface area contributed by atoms with Gasteiger partial charge in [0.25, 0.3) is 0 Å². The molecule has 3 heteroatoms. The van der Waals surface area contributed by atoms with Crippen LogP contribution in [0.25, 0.3) is 0 Å². The maximum Gasteiger partial charge on any atom is 0.228 e. The molecular formula is C20H24INO. The van der Waals surface area contributed by atoms with Crippen LogP contribution in [0.1, 0.15) is 38.5 Å². The number of carbonyl (C=O) groups is 1. The van der Waals surface area contributed by atoms with Gasteiger partial charge < -0.3 is 5.32 Å². The number of rotatable bonds is 2. The highest BCUT2D eigenvalue weighted by molar-refractivity contribution is 14.1. The molecule has 0 heterocycles. The fourth-order valence-corrected chi connectivity index (χ4v) is 3.98. The summed E-state index contributed by atoms with van der Waals surface area (Å²) in [5.41, 5.74) is 0.914. The summed E-state index contributed by atoms with van der Waals surface area (Å²) < 4.78 is 1.19. The summed E-state index contributed by atoms with van der Waals surface area (Å²) in [5, 5.41) is 3.11. The van der Waals surface area contributed by atoms with E-state index in [2.05, 4.69) is 52.2 Å². The van der Waals surface area contributed by atoms with Gasteiger partial charge in [-0.25, -0.2) is 0 Å². The van der Waals surface area contributed by atoms with E-state index in [-0.39, 0.29) is 11.8 Å². The third-order valence-electron chi connectivity index (χ3n) is 4.91. The molecular weight excluding hydrogens is 397 g/mol. The molecule has 2 aliphatic carbocycles. The van der Waals surface area contributed by atoms with Crippen LogP contribution in [0.15, 0.2) is 48.6 Å². The largest absolute Gasteiger partial charge is 0.326 e. The normalized spacial score (nSPS) is 30.2. The Morgan fingerprint density at radius 3 is 1.96 bits per heavy atom. The number of carbonyl (C=O) groups excluding carboxylic acids is 1. The van der Waals surface area contributed by atoms with Gasteiger partial charge in [-0.05, 0) is 97.2 Å². The van der Waals surface area contributed by atoms with Gasteiger partial charge in [0.05, 0.1) is 0 Å². The minimum absolute atomic E-state index is 0.205. The lowest BCUT2D eigenvalue weighted by atomic mass is 10.1. The average molecular weight is 421 g/mol. The number of fused-ring (bicyclic) bond motifs is 1. The fraction of sp³-hybridized carbons (Fsp3) is 0.450. The van der Waals surface area contributed by atoms with Gasteiger partial charge in [-0.3, -0.25) is 4.79 Å². The molecule has 23 heavy (non-hydrogen) atoms. The highest BCUT2D eigenvalue weighted by Gasteiger charge is 2.52. The molecule has 3 rings (SSSR count). The first-order valence-corrected chi connectivity index (χ1v) is 9.70. The molecule has 1 saturated carbocycles. The quantitative estimate of drug-likeness (QED) is 0.492. The summed E-state index contributed by atoms with van der Waals surface area (Å²) in [5.74, 6) is 1.55. The number of nitrogens with one attached hydrogen (secondary N) is 1. The van der Waals surface area contributed by atoms with Crippen LogP contribution < -0.4 is 5.32 Å². The van der Waals surface area contributed by atoms with Crippen LogP contribution in [-0.2, 0) is 4.79 Å². The molecule has 0 spiro atoms. The summed E-state index contributed by atoms with van der Waals surface area (Å²) in [6.07, 6.45) is 15.9. The van der Waals surface area contributed by atoms with Gasteiger partial charge in [-0.15, -0.1) is 0 Å². The minimum Gasteiger partial charge on any atom is -0.326 e. The zero-order chi connectivity index (χ0) is 16.1. The third kappa shape index (κ3) is 4.69. The zero-order valence-electron chi connectivity index (χ0n) is 13.4. The van der Waals surface area contributed by atoms with Crippen molar-refractivity contribution >= 4 is 34.2 Å². The molecule has 122 valence electrons. The van der Waals surface area contributed by atoms with Crippen molar-refractivity contribution in [3.8, 4) is 0 Å². The van der Waals surface area contributed by atoms with Crippen molar-refractivity contribution in [1.29, 1.82) is 0 Å². The molecule has 0 radical (unpaired) electrons. The van der Waals surface area contributed by atoms with E-state index >= 15 is 0 Å². The first-order chi connectivity index (χ1) is 11.3. The van der Waals surface area contributed by atoms with Crippen LogP contribution in [0.2, 0.25) is 0 Å². The molecule has 1 aromatic carbocycles. The first kappa shape index (κ1) is 16.7. The summed E-state index contributed by atoms with van der Waals surface area (Å²) in [7, 11) is 0. The molecule has 0 aliphatic heterocycles. The average Bonchev–Trinajstić information content (AvgIpc) is 3.22. The van der Waals surface area contributed by atoms with E-state index in [0.29, 0.717) is 11.8 Å². The third-order valence-corrected chi connectivity index (χ3v) is 5.63. The van der Waals surface area contributed by atoms with E-state index in [1.165, 1.54) is 3.57 Å². The standard InChI is InChI=1S/C20H24INO/c21-15-11-13-16(14-12-15)22-20(23)19-17-9-7-5-3-1-2-4-6-8-10-18(17)19/h3-6,11-14,17-19H,1-2,7-10H2,(H,22,23)/b5-3-,6-4+/t17-,18-,19?/m0/s1. The highest BCUT2D eigenvalue weighted by Crippen LogP contribution is 2.52. The summed E-state index contributed by atoms with van der Waals surface area (Å²) in [4.78, 5) is 12.6. The second-order valence-corrected chi connectivity index (χ2v) is 7.77. The Labute approximate surface area is 152 Å². The Hall–Kier alpha value is -1.10. The Balaban J connectivity index is 1.60. The van der Waals surface area contributed by atoms with Crippen LogP contribution >= 0.6 is 22.6 Å². The molecule has 3 atom stereocenters. The van der Waals surface area contributed by atoms with Crippen LogP contribution in [-0.4, -0.2) is 5.91 Å². The van der Waals surface area contributed by atoms with Crippen LogP contribution in [0, 0.1) is 21.3 Å². The van der Waals surface area contributed by atoms with Crippen molar-refractivity contribution in [2.24, 2.45) is 17.8 Å². The SMILES string of the molecule is O=C(Nc1ccc(I)cc1)C1[C@H]2CC/C=C\CC/C=C/CC[C@H]12. The lowest BCUT2D eigenvalue weighted by Gasteiger charge is -2.05. The van der Waals surface area contributed by atoms with E-state index in [0.717, 1.165) is 44.2 Å². The van der Waals surface area contributed by atoms with E-state index in [9.17, 15) is 4.79 Å². The lowest BCUT2D eigenvalue weighted by molar-refractivity contribution is -0.117. The molecule has 1 unspecified atom stereocenters. The van der Waals surface area contributed by atoms with E-state index in [1.54, 1.807) is 0 Å². The van der Waals surface area contributed by atoms with E-state index < -0.39 is 0 Å². The number of halogens is 1. The lowest BCUT2D eigenvalue weighted by Crippen LogP contribution is -2.15. The van der Waals surface area contributed by atoms with Crippen molar-refractivity contribution in [1.82, 2.24) is 0 Å². The number of hydrogen-bond acceptors (Lipinski definition) is 1. The van der Waals surface area contributed by atoms with Crippen LogP contribution in [0.5, 0.6) is 0 Å². The number of anilines is 1. The maximum atomic E-state index is 12.6. The van der Waals surface area contributed by atoms with Crippen LogP contribution in [0.3, 0.4) is 0 Å². The second-order valence-electron chi connectivity index (χ2n) is 6.52. The Morgan fingerprint density at radius 1 is 0.870 bits per heavy atom. The summed E-state index contributed by atoms with van der Waals surface area (Å²) >= 11 is 2.28. The zero-order valence-corrected chi connectivity index (χ0v) is 15.5. The van der Waals surface area contributed by atoms with Crippen molar-refractivity contribution < 1.29 is 4.79 Å². The van der Waals surface area contributed by atoms with Crippen molar-refractivity contribution in [2.75, 3.05) is 5.32 Å². The molecule has 2 nitrogen and oxygen atoms in total. The Kier molecular flexibility index (Phi) is 5.92. The predicted octanol–water partition coefficient (Wildman–Crippen LogP) is 5.56. The van der Waals surface area contributed by atoms with Gasteiger partial charge in [0.2, 0.25) is 5.91 Å². The van der Waals surface area contributed by atoms with Crippen molar-refractivity contribution in [3.63, 3.8) is 0 Å². The topological polar surface area (TPSA) is 29.1 Å². The van der Waals surface area contributed by atoms with Gasteiger partial charge in [0.15, 0.2) is 0 Å². The molecule has 1 N–H and O–H groups in total. The van der Waals surface area contributed by atoms with Crippen molar-refractivity contribution in [2.45, 2.75) is 38.5 Å². The number of allylic oxidation sites excluding steroid dienone is 4. The van der Waals surface area contributed by atoms with Gasteiger partial charge in [-0.2, -0.15) is 0 Å². The van der Waals surface area contributed by atoms with Gasteiger partial charge in [-0.1, -0.05) is 24.3 Å².